The Morgan fingerprint density at radius 3 is 2.76 bits per heavy atom. The van der Waals surface area contributed by atoms with E-state index in [0.29, 0.717) is 5.92 Å². The van der Waals surface area contributed by atoms with Crippen molar-refractivity contribution < 1.29 is 9.15 Å². The molecule has 108 valence electrons. The van der Waals surface area contributed by atoms with Crippen LogP contribution in [0.15, 0.2) is 46.9 Å². The van der Waals surface area contributed by atoms with Gasteiger partial charge in [-0.2, -0.15) is 0 Å². The Morgan fingerprint density at radius 1 is 1.05 bits per heavy atom. The molecule has 0 amide bonds. The van der Waals surface area contributed by atoms with E-state index in [1.54, 1.807) is 0 Å². The van der Waals surface area contributed by atoms with Crippen molar-refractivity contribution in [3.05, 3.63) is 48.0 Å². The highest BCUT2D eigenvalue weighted by atomic mass is 16.5. The second-order valence-electron chi connectivity index (χ2n) is 5.86. The molecule has 0 saturated carbocycles. The van der Waals surface area contributed by atoms with Crippen LogP contribution >= 0.6 is 0 Å². The summed E-state index contributed by atoms with van der Waals surface area (Å²) in [6, 6.07) is 14.5. The fraction of sp³-hybridized carbons (Fsp3) is 0.333. The Hall–Kier alpha value is -1.84. The van der Waals surface area contributed by atoms with Crippen LogP contribution < -0.4 is 5.73 Å². The van der Waals surface area contributed by atoms with E-state index in [4.69, 9.17) is 14.9 Å². The fourth-order valence-corrected chi connectivity index (χ4v) is 3.27. The van der Waals surface area contributed by atoms with Gasteiger partial charge in [-0.15, -0.1) is 0 Å². The first-order valence-corrected chi connectivity index (χ1v) is 7.57. The smallest absolute Gasteiger partial charge is 0.135 e. The summed E-state index contributed by atoms with van der Waals surface area (Å²) in [4.78, 5) is 0. The van der Waals surface area contributed by atoms with Gasteiger partial charge in [-0.1, -0.05) is 24.3 Å². The number of nitrogens with two attached hydrogens (primary N) is 1. The van der Waals surface area contributed by atoms with Crippen LogP contribution in [0.2, 0.25) is 0 Å². The number of hydrogen-bond acceptors (Lipinski definition) is 3. The van der Waals surface area contributed by atoms with Crippen LogP contribution in [-0.4, -0.2) is 13.2 Å². The summed E-state index contributed by atoms with van der Waals surface area (Å²) in [5.74, 6) is 0.411. The Balaban J connectivity index is 1.76. The largest absolute Gasteiger partial charge is 0.456 e. The molecular weight excluding hydrogens is 262 g/mol. The Kier molecular flexibility index (Phi) is 3.17. The molecule has 1 fully saturated rings. The molecule has 2 unspecified atom stereocenters. The van der Waals surface area contributed by atoms with Crippen molar-refractivity contribution in [2.45, 2.75) is 18.9 Å². The standard InChI is InChI=1S/C18H19NO2/c19-18(13-4-3-9-20-11-13)12-7-8-17-15(10-12)14-5-1-2-6-16(14)21-17/h1-2,5-8,10,13,18H,3-4,9,11,19H2. The maximum atomic E-state index is 6.46. The molecule has 1 saturated heterocycles. The average molecular weight is 281 g/mol. The molecule has 2 N–H and O–H groups in total. The number of rotatable bonds is 2. The molecule has 0 bridgehead atoms. The predicted octanol–water partition coefficient (Wildman–Crippen LogP) is 4.01. The van der Waals surface area contributed by atoms with Gasteiger partial charge in [-0.25, -0.2) is 0 Å². The van der Waals surface area contributed by atoms with E-state index in [-0.39, 0.29) is 6.04 Å². The second kappa shape index (κ2) is 5.17. The van der Waals surface area contributed by atoms with Gasteiger partial charge in [0.25, 0.3) is 0 Å². The fourth-order valence-electron chi connectivity index (χ4n) is 3.27. The summed E-state index contributed by atoms with van der Waals surface area (Å²) in [7, 11) is 0. The van der Waals surface area contributed by atoms with Crippen LogP contribution in [0.3, 0.4) is 0 Å². The summed E-state index contributed by atoms with van der Waals surface area (Å²) >= 11 is 0. The van der Waals surface area contributed by atoms with Gasteiger partial charge in [0.1, 0.15) is 11.2 Å². The summed E-state index contributed by atoms with van der Waals surface area (Å²) in [5, 5.41) is 2.30. The molecule has 2 atom stereocenters. The Labute approximate surface area is 123 Å². The Bertz CT molecular complexity index is 771. The van der Waals surface area contributed by atoms with Crippen molar-refractivity contribution in [2.75, 3.05) is 13.2 Å². The number of hydrogen-bond donors (Lipinski definition) is 1. The van der Waals surface area contributed by atoms with E-state index in [1.807, 2.05) is 24.3 Å². The molecule has 1 aliphatic heterocycles. The van der Waals surface area contributed by atoms with Gasteiger partial charge in [-0.05, 0) is 36.6 Å². The van der Waals surface area contributed by atoms with Crippen molar-refractivity contribution >= 4 is 21.9 Å². The molecular formula is C18H19NO2. The van der Waals surface area contributed by atoms with Gasteiger partial charge < -0.3 is 14.9 Å². The minimum Gasteiger partial charge on any atom is -0.456 e. The summed E-state index contributed by atoms with van der Waals surface area (Å²) in [6.45, 7) is 1.64. The van der Waals surface area contributed by atoms with E-state index in [2.05, 4.69) is 18.2 Å². The molecule has 2 heterocycles. The zero-order chi connectivity index (χ0) is 14.2. The monoisotopic (exact) mass is 281 g/mol. The first kappa shape index (κ1) is 12.9. The van der Waals surface area contributed by atoms with Crippen molar-refractivity contribution in [1.29, 1.82) is 0 Å². The molecule has 2 aromatic carbocycles. The zero-order valence-corrected chi connectivity index (χ0v) is 11.9. The summed E-state index contributed by atoms with van der Waals surface area (Å²) in [5.41, 5.74) is 9.49. The van der Waals surface area contributed by atoms with E-state index in [0.717, 1.165) is 48.0 Å². The first-order chi connectivity index (χ1) is 10.3. The van der Waals surface area contributed by atoms with Crippen molar-refractivity contribution in [3.8, 4) is 0 Å². The lowest BCUT2D eigenvalue weighted by Gasteiger charge is -2.27. The number of furan rings is 1. The third-order valence-electron chi connectivity index (χ3n) is 4.49. The lowest BCUT2D eigenvalue weighted by Crippen LogP contribution is -2.28. The van der Waals surface area contributed by atoms with E-state index < -0.39 is 0 Å². The molecule has 1 aliphatic rings. The minimum absolute atomic E-state index is 0.0309. The van der Waals surface area contributed by atoms with Crippen molar-refractivity contribution in [2.24, 2.45) is 11.7 Å². The van der Waals surface area contributed by atoms with Crippen LogP contribution in [0, 0.1) is 5.92 Å². The average Bonchev–Trinajstić information content (AvgIpc) is 2.93. The van der Waals surface area contributed by atoms with Gasteiger partial charge in [0.15, 0.2) is 0 Å². The number of ether oxygens (including phenoxy) is 1. The van der Waals surface area contributed by atoms with Crippen LogP contribution in [0.4, 0.5) is 0 Å². The lowest BCUT2D eigenvalue weighted by molar-refractivity contribution is 0.0448. The quantitative estimate of drug-likeness (QED) is 0.772. The number of benzene rings is 2. The van der Waals surface area contributed by atoms with E-state index in [9.17, 15) is 0 Å². The zero-order valence-electron chi connectivity index (χ0n) is 11.9. The lowest BCUT2D eigenvalue weighted by atomic mass is 9.89. The number of para-hydroxylation sites is 1. The van der Waals surface area contributed by atoms with Crippen molar-refractivity contribution in [3.63, 3.8) is 0 Å². The molecule has 0 radical (unpaired) electrons. The first-order valence-electron chi connectivity index (χ1n) is 7.57. The molecule has 4 rings (SSSR count). The van der Waals surface area contributed by atoms with E-state index in [1.165, 1.54) is 5.56 Å². The van der Waals surface area contributed by atoms with Gasteiger partial charge in [0.2, 0.25) is 0 Å². The SMILES string of the molecule is NC(c1ccc2oc3ccccc3c2c1)C1CCCOC1. The molecule has 21 heavy (non-hydrogen) atoms. The highest BCUT2D eigenvalue weighted by Crippen LogP contribution is 2.33. The van der Waals surface area contributed by atoms with Crippen LogP contribution in [0.25, 0.3) is 21.9 Å². The highest BCUT2D eigenvalue weighted by Gasteiger charge is 2.23. The third kappa shape index (κ3) is 2.23. The minimum atomic E-state index is 0.0309. The number of fused-ring (bicyclic) bond motifs is 3. The van der Waals surface area contributed by atoms with Gasteiger partial charge in [0.05, 0.1) is 6.61 Å². The third-order valence-corrected chi connectivity index (χ3v) is 4.49. The van der Waals surface area contributed by atoms with E-state index >= 15 is 0 Å². The maximum absolute atomic E-state index is 6.46. The molecule has 0 spiro atoms. The summed E-state index contributed by atoms with van der Waals surface area (Å²) < 4.78 is 11.4. The van der Waals surface area contributed by atoms with Gasteiger partial charge in [0, 0.05) is 29.3 Å². The molecule has 1 aromatic heterocycles. The molecule has 0 aliphatic carbocycles. The highest BCUT2D eigenvalue weighted by molar-refractivity contribution is 6.05. The van der Waals surface area contributed by atoms with Crippen molar-refractivity contribution in [1.82, 2.24) is 0 Å². The topological polar surface area (TPSA) is 48.4 Å². The molecule has 3 heteroatoms. The molecule has 3 aromatic rings. The van der Waals surface area contributed by atoms with Gasteiger partial charge in [-0.3, -0.25) is 0 Å². The maximum Gasteiger partial charge on any atom is 0.135 e. The summed E-state index contributed by atoms with van der Waals surface area (Å²) in [6.07, 6.45) is 2.25. The molecule has 3 nitrogen and oxygen atoms in total. The second-order valence-corrected chi connectivity index (χ2v) is 5.86. The normalized spacial score (nSPS) is 20.9. The van der Waals surface area contributed by atoms with Crippen LogP contribution in [0.1, 0.15) is 24.4 Å². The Morgan fingerprint density at radius 2 is 1.90 bits per heavy atom. The van der Waals surface area contributed by atoms with Gasteiger partial charge >= 0.3 is 0 Å². The van der Waals surface area contributed by atoms with Crippen LogP contribution in [0.5, 0.6) is 0 Å². The predicted molar refractivity (Wildman–Crippen MR) is 84.2 cm³/mol. The van der Waals surface area contributed by atoms with Crippen LogP contribution in [-0.2, 0) is 4.74 Å².